The van der Waals surface area contributed by atoms with Crippen LogP contribution in [0, 0.1) is 0 Å². The fraction of sp³-hybridized carbons (Fsp3) is 0.870. The summed E-state index contributed by atoms with van der Waals surface area (Å²) in [7, 11) is 0. The van der Waals surface area contributed by atoms with Crippen molar-refractivity contribution >= 4 is 11.9 Å². The third kappa shape index (κ3) is 38.1. The SMILES string of the molecule is CCCCCCCCCC/C=C/C(O)C(CO)NC(=O)CCCCCC/C=C\CCCCOC(=O)CCCCCCCCCCCCCCCCC. The lowest BCUT2D eigenvalue weighted by Crippen LogP contribution is -2.45. The summed E-state index contributed by atoms with van der Waals surface area (Å²) < 4.78 is 5.42. The zero-order valence-electron chi connectivity index (χ0n) is 34.5. The third-order valence-electron chi connectivity index (χ3n) is 10.2. The Kier molecular flexibility index (Phi) is 40.7. The Morgan fingerprint density at radius 3 is 1.37 bits per heavy atom. The highest BCUT2D eigenvalue weighted by Gasteiger charge is 2.18. The minimum absolute atomic E-state index is 0.0368. The van der Waals surface area contributed by atoms with Crippen LogP contribution < -0.4 is 5.32 Å². The lowest BCUT2D eigenvalue weighted by molar-refractivity contribution is -0.143. The van der Waals surface area contributed by atoms with E-state index in [2.05, 4.69) is 31.3 Å². The summed E-state index contributed by atoms with van der Waals surface area (Å²) in [4.78, 5) is 24.3. The molecule has 6 heteroatoms. The molecular weight excluding hydrogens is 647 g/mol. The molecule has 0 spiro atoms. The van der Waals surface area contributed by atoms with Crippen LogP contribution in [0.4, 0.5) is 0 Å². The largest absolute Gasteiger partial charge is 0.466 e. The van der Waals surface area contributed by atoms with Crippen molar-refractivity contribution in [3.63, 3.8) is 0 Å². The van der Waals surface area contributed by atoms with E-state index in [1.54, 1.807) is 6.08 Å². The van der Waals surface area contributed by atoms with Crippen molar-refractivity contribution in [2.45, 2.75) is 244 Å². The molecule has 0 heterocycles. The highest BCUT2D eigenvalue weighted by atomic mass is 16.5. The fourth-order valence-electron chi connectivity index (χ4n) is 6.68. The zero-order valence-corrected chi connectivity index (χ0v) is 34.5. The number of carbonyl (C=O) groups excluding carboxylic acids is 2. The van der Waals surface area contributed by atoms with Crippen LogP contribution in [0.25, 0.3) is 0 Å². The molecule has 0 aliphatic heterocycles. The van der Waals surface area contributed by atoms with E-state index in [0.717, 1.165) is 77.0 Å². The van der Waals surface area contributed by atoms with Crippen molar-refractivity contribution in [2.75, 3.05) is 13.2 Å². The Morgan fingerprint density at radius 1 is 0.519 bits per heavy atom. The average molecular weight is 734 g/mol. The molecule has 306 valence electrons. The number of hydrogen-bond donors (Lipinski definition) is 3. The number of allylic oxidation sites excluding steroid dienone is 3. The average Bonchev–Trinajstić information content (AvgIpc) is 3.14. The van der Waals surface area contributed by atoms with Crippen molar-refractivity contribution in [2.24, 2.45) is 0 Å². The molecule has 0 rings (SSSR count). The topological polar surface area (TPSA) is 95.9 Å². The molecule has 0 bridgehead atoms. The Bertz CT molecular complexity index is 813. The summed E-state index contributed by atoms with van der Waals surface area (Å²) in [5.41, 5.74) is 0. The van der Waals surface area contributed by atoms with Crippen molar-refractivity contribution < 1.29 is 24.5 Å². The smallest absolute Gasteiger partial charge is 0.305 e. The van der Waals surface area contributed by atoms with Gasteiger partial charge in [-0.1, -0.05) is 186 Å². The predicted molar refractivity (Wildman–Crippen MR) is 223 cm³/mol. The monoisotopic (exact) mass is 734 g/mol. The van der Waals surface area contributed by atoms with Gasteiger partial charge in [0, 0.05) is 12.8 Å². The highest BCUT2D eigenvalue weighted by Crippen LogP contribution is 2.15. The van der Waals surface area contributed by atoms with Crippen LogP contribution in [0.1, 0.15) is 232 Å². The van der Waals surface area contributed by atoms with E-state index in [1.165, 1.54) is 128 Å². The first-order chi connectivity index (χ1) is 25.5. The predicted octanol–water partition coefficient (Wildman–Crippen LogP) is 12.8. The lowest BCUT2D eigenvalue weighted by atomic mass is 10.0. The summed E-state index contributed by atoms with van der Waals surface area (Å²) in [5.74, 6) is -0.143. The van der Waals surface area contributed by atoms with Gasteiger partial charge in [-0.25, -0.2) is 0 Å². The number of aliphatic hydroxyl groups is 2. The second-order valence-corrected chi connectivity index (χ2v) is 15.4. The molecule has 3 N–H and O–H groups in total. The van der Waals surface area contributed by atoms with Gasteiger partial charge >= 0.3 is 5.97 Å². The van der Waals surface area contributed by atoms with Gasteiger partial charge in [0.25, 0.3) is 0 Å². The number of nitrogens with one attached hydrogen (secondary N) is 1. The molecule has 2 unspecified atom stereocenters. The number of amides is 1. The Balaban J connectivity index is 3.54. The van der Waals surface area contributed by atoms with E-state index in [-0.39, 0.29) is 18.5 Å². The van der Waals surface area contributed by atoms with Gasteiger partial charge in [-0.3, -0.25) is 9.59 Å². The summed E-state index contributed by atoms with van der Waals surface area (Å²) >= 11 is 0. The Labute approximate surface area is 322 Å². The third-order valence-corrected chi connectivity index (χ3v) is 10.2. The van der Waals surface area contributed by atoms with Crippen LogP contribution in [-0.4, -0.2) is 47.4 Å². The minimum atomic E-state index is -0.863. The summed E-state index contributed by atoms with van der Waals surface area (Å²) in [6.45, 7) is 4.78. The number of hydrogen-bond acceptors (Lipinski definition) is 5. The molecule has 0 aliphatic rings. The van der Waals surface area contributed by atoms with Gasteiger partial charge < -0.3 is 20.3 Å². The molecule has 0 fully saturated rings. The second kappa shape index (κ2) is 42.1. The molecule has 52 heavy (non-hydrogen) atoms. The first kappa shape index (κ1) is 50.3. The van der Waals surface area contributed by atoms with Gasteiger partial charge in [-0.2, -0.15) is 0 Å². The van der Waals surface area contributed by atoms with Gasteiger partial charge in [0.05, 0.1) is 25.4 Å². The van der Waals surface area contributed by atoms with E-state index < -0.39 is 12.1 Å². The van der Waals surface area contributed by atoms with Gasteiger partial charge in [0.2, 0.25) is 5.91 Å². The fourth-order valence-corrected chi connectivity index (χ4v) is 6.68. The maximum absolute atomic E-state index is 12.3. The number of carbonyl (C=O) groups is 2. The summed E-state index contributed by atoms with van der Waals surface area (Å²) in [5, 5.41) is 22.8. The molecule has 0 aromatic rings. The van der Waals surface area contributed by atoms with Crippen LogP contribution in [-0.2, 0) is 14.3 Å². The van der Waals surface area contributed by atoms with Crippen molar-refractivity contribution in [1.29, 1.82) is 0 Å². The number of esters is 1. The molecule has 0 aromatic heterocycles. The number of aliphatic hydroxyl groups excluding tert-OH is 2. The first-order valence-corrected chi connectivity index (χ1v) is 22.6. The maximum atomic E-state index is 12.3. The molecular formula is C46H87NO5. The molecule has 1 amide bonds. The van der Waals surface area contributed by atoms with Gasteiger partial charge in [-0.05, 0) is 57.8 Å². The standard InChI is InChI=1S/C46H87NO5/c1-3-5-7-9-11-13-15-16-17-18-19-24-28-32-36-40-46(51)52-41-37-33-29-25-21-20-23-27-31-35-39-45(50)47-43(42-48)44(49)38-34-30-26-22-14-12-10-8-6-4-2/h21,25,34,38,43-44,48-49H,3-20,22-24,26-33,35-37,39-42H2,1-2H3,(H,47,50)/b25-21-,38-34+. The second-order valence-electron chi connectivity index (χ2n) is 15.4. The Hall–Kier alpha value is -1.66. The molecule has 0 aromatic carbocycles. The van der Waals surface area contributed by atoms with E-state index >= 15 is 0 Å². The van der Waals surface area contributed by atoms with E-state index in [0.29, 0.717) is 19.4 Å². The van der Waals surface area contributed by atoms with Crippen molar-refractivity contribution in [1.82, 2.24) is 5.32 Å². The Morgan fingerprint density at radius 2 is 0.904 bits per heavy atom. The molecule has 0 aliphatic carbocycles. The highest BCUT2D eigenvalue weighted by molar-refractivity contribution is 5.76. The maximum Gasteiger partial charge on any atom is 0.305 e. The minimum Gasteiger partial charge on any atom is -0.466 e. The molecule has 2 atom stereocenters. The van der Waals surface area contributed by atoms with Crippen molar-refractivity contribution in [3.8, 4) is 0 Å². The molecule has 0 radical (unpaired) electrons. The quantitative estimate of drug-likeness (QED) is 0.0330. The van der Waals surface area contributed by atoms with E-state index in [4.69, 9.17) is 4.74 Å². The normalized spacial score (nSPS) is 12.9. The van der Waals surface area contributed by atoms with Crippen molar-refractivity contribution in [3.05, 3.63) is 24.3 Å². The van der Waals surface area contributed by atoms with E-state index in [9.17, 15) is 19.8 Å². The zero-order chi connectivity index (χ0) is 38.0. The molecule has 0 saturated heterocycles. The number of unbranched alkanes of at least 4 members (excludes halogenated alkanes) is 28. The van der Waals surface area contributed by atoms with Crippen LogP contribution in [0.15, 0.2) is 24.3 Å². The van der Waals surface area contributed by atoms with Gasteiger partial charge in [-0.15, -0.1) is 0 Å². The van der Waals surface area contributed by atoms with Gasteiger partial charge in [0.1, 0.15) is 0 Å². The van der Waals surface area contributed by atoms with Gasteiger partial charge in [0.15, 0.2) is 0 Å². The number of rotatable bonds is 41. The van der Waals surface area contributed by atoms with Crippen LogP contribution in [0.2, 0.25) is 0 Å². The molecule has 0 saturated carbocycles. The summed E-state index contributed by atoms with van der Waals surface area (Å²) in [6, 6.07) is -0.650. The van der Waals surface area contributed by atoms with Crippen LogP contribution in [0.5, 0.6) is 0 Å². The van der Waals surface area contributed by atoms with E-state index in [1.807, 2.05) is 6.08 Å². The van der Waals surface area contributed by atoms with Crippen LogP contribution >= 0.6 is 0 Å². The number of ether oxygens (including phenoxy) is 1. The van der Waals surface area contributed by atoms with Crippen LogP contribution in [0.3, 0.4) is 0 Å². The first-order valence-electron chi connectivity index (χ1n) is 22.6. The lowest BCUT2D eigenvalue weighted by Gasteiger charge is -2.20. The summed E-state index contributed by atoms with van der Waals surface area (Å²) in [6.07, 6.45) is 47.4. The molecule has 6 nitrogen and oxygen atoms in total.